The third-order valence-electron chi connectivity index (χ3n) is 5.32. The van der Waals surface area contributed by atoms with Crippen LogP contribution >= 0.6 is 0 Å². The summed E-state index contributed by atoms with van der Waals surface area (Å²) in [7, 11) is -3.28. The average molecular weight is 473 g/mol. The smallest absolute Gasteiger partial charge is 0.338 e. The number of ether oxygens (including phenoxy) is 1. The van der Waals surface area contributed by atoms with E-state index in [0.717, 1.165) is 44.8 Å². The van der Waals surface area contributed by atoms with E-state index in [-0.39, 0.29) is 11.5 Å². The highest BCUT2D eigenvalue weighted by atomic mass is 32.2. The van der Waals surface area contributed by atoms with Gasteiger partial charge < -0.3 is 4.74 Å². The van der Waals surface area contributed by atoms with Crippen molar-refractivity contribution in [2.24, 2.45) is 0 Å². The molecule has 0 fully saturated rings. The Morgan fingerprint density at radius 2 is 1.21 bits per heavy atom. The molecule has 1 aromatic carbocycles. The van der Waals surface area contributed by atoms with Gasteiger partial charge in [-0.15, -0.1) is 0 Å². The van der Waals surface area contributed by atoms with Crippen LogP contribution in [-0.4, -0.2) is 27.2 Å². The molecular weight excluding hydrogens is 432 g/mol. The minimum atomic E-state index is -3.28. The van der Waals surface area contributed by atoms with Crippen molar-refractivity contribution in [3.63, 3.8) is 0 Å². The van der Waals surface area contributed by atoms with Crippen molar-refractivity contribution < 1.29 is 17.9 Å². The Hall–Kier alpha value is -2.40. The molecule has 0 heterocycles. The van der Waals surface area contributed by atoms with Crippen molar-refractivity contribution in [3.05, 3.63) is 76.4 Å². The molecule has 0 radical (unpaired) electrons. The Bertz CT molecular complexity index is 987. The van der Waals surface area contributed by atoms with Gasteiger partial charge in [-0.2, -0.15) is 0 Å². The minimum Gasteiger partial charge on any atom is -0.458 e. The van der Waals surface area contributed by atoms with Crippen LogP contribution in [0, 0.1) is 0 Å². The van der Waals surface area contributed by atoms with Crippen molar-refractivity contribution in [2.75, 3.05) is 12.9 Å². The summed E-state index contributed by atoms with van der Waals surface area (Å²) < 4.78 is 28.3. The van der Waals surface area contributed by atoms with Crippen molar-refractivity contribution in [2.45, 2.75) is 78.0 Å². The Labute approximate surface area is 201 Å². The lowest BCUT2D eigenvalue weighted by atomic mass is 10.0. The maximum atomic E-state index is 12.1. The van der Waals surface area contributed by atoms with Crippen LogP contribution in [0.5, 0.6) is 0 Å². The zero-order valence-corrected chi connectivity index (χ0v) is 21.9. The number of carbonyl (C=O) groups is 1. The van der Waals surface area contributed by atoms with E-state index in [1.54, 1.807) is 0 Å². The second-order valence-corrected chi connectivity index (χ2v) is 11.0. The van der Waals surface area contributed by atoms with E-state index in [9.17, 15) is 13.2 Å². The number of sulfone groups is 1. The van der Waals surface area contributed by atoms with Crippen LogP contribution in [0.2, 0.25) is 0 Å². The van der Waals surface area contributed by atoms with Gasteiger partial charge in [-0.05, 0) is 103 Å². The van der Waals surface area contributed by atoms with Crippen molar-refractivity contribution >= 4 is 15.8 Å². The van der Waals surface area contributed by atoms with Crippen LogP contribution in [0.3, 0.4) is 0 Å². The van der Waals surface area contributed by atoms with Gasteiger partial charge in [-0.3, -0.25) is 0 Å². The predicted octanol–water partition coefficient (Wildman–Crippen LogP) is 7.39. The molecular formula is C28H40O4S. The summed E-state index contributed by atoms with van der Waals surface area (Å²) in [5, 5.41) is 0. The maximum absolute atomic E-state index is 12.1. The van der Waals surface area contributed by atoms with E-state index in [1.807, 2.05) is 13.0 Å². The van der Waals surface area contributed by atoms with Crippen LogP contribution in [0.4, 0.5) is 0 Å². The Morgan fingerprint density at radius 1 is 0.758 bits per heavy atom. The minimum absolute atomic E-state index is 0.184. The Morgan fingerprint density at radius 3 is 1.67 bits per heavy atom. The fourth-order valence-electron chi connectivity index (χ4n) is 3.17. The van der Waals surface area contributed by atoms with Crippen LogP contribution in [0.25, 0.3) is 0 Å². The molecule has 1 rings (SSSR count). The average Bonchev–Trinajstić information content (AvgIpc) is 2.73. The van der Waals surface area contributed by atoms with Gasteiger partial charge in [0, 0.05) is 6.26 Å². The van der Waals surface area contributed by atoms with Gasteiger partial charge in [0.25, 0.3) is 0 Å². The van der Waals surface area contributed by atoms with E-state index >= 15 is 0 Å². The molecule has 0 unspecified atom stereocenters. The molecule has 0 saturated carbocycles. The Kier molecular flexibility index (Phi) is 12.7. The highest BCUT2D eigenvalue weighted by Gasteiger charge is 2.10. The lowest BCUT2D eigenvalue weighted by Gasteiger charge is -2.05. The summed E-state index contributed by atoms with van der Waals surface area (Å²) >= 11 is 0. The van der Waals surface area contributed by atoms with E-state index in [0.29, 0.717) is 5.56 Å². The largest absolute Gasteiger partial charge is 0.458 e. The first-order chi connectivity index (χ1) is 15.5. The fraction of sp³-hybridized carbons (Fsp3) is 0.464. The van der Waals surface area contributed by atoms with E-state index < -0.39 is 15.8 Å². The van der Waals surface area contributed by atoms with Crippen LogP contribution in [-0.2, 0) is 14.6 Å². The topological polar surface area (TPSA) is 60.4 Å². The van der Waals surface area contributed by atoms with E-state index in [2.05, 4.69) is 45.9 Å². The maximum Gasteiger partial charge on any atom is 0.338 e. The molecule has 1 aromatic rings. The molecule has 0 aromatic heterocycles. The Balaban J connectivity index is 2.35. The van der Waals surface area contributed by atoms with Gasteiger partial charge in [0.15, 0.2) is 9.84 Å². The van der Waals surface area contributed by atoms with Gasteiger partial charge in [0.05, 0.1) is 10.5 Å². The van der Waals surface area contributed by atoms with Crippen LogP contribution in [0.1, 0.15) is 83.5 Å². The number of allylic oxidation sites excluding steroid dienone is 7. The van der Waals surface area contributed by atoms with Crippen molar-refractivity contribution in [3.8, 4) is 0 Å². The lowest BCUT2D eigenvalue weighted by molar-refractivity contribution is 0.0548. The summed E-state index contributed by atoms with van der Waals surface area (Å²) in [6, 6.07) is 5.79. The third-order valence-corrected chi connectivity index (χ3v) is 6.45. The van der Waals surface area contributed by atoms with Crippen molar-refractivity contribution in [1.29, 1.82) is 0 Å². The SMILES string of the molecule is CC(C)=CCC/C(C)=C/CCC(C)=CCC/C(C)=C/COC(=O)c1ccc(S(C)(=O)=O)cc1. The van der Waals surface area contributed by atoms with Gasteiger partial charge in [0.2, 0.25) is 0 Å². The molecule has 0 N–H and O–H groups in total. The van der Waals surface area contributed by atoms with E-state index in [1.165, 1.54) is 46.6 Å². The summed E-state index contributed by atoms with van der Waals surface area (Å²) in [5.74, 6) is -0.459. The number of benzene rings is 1. The number of carbonyl (C=O) groups excluding carboxylic acids is 1. The first kappa shape index (κ1) is 28.6. The van der Waals surface area contributed by atoms with E-state index in [4.69, 9.17) is 4.74 Å². The van der Waals surface area contributed by atoms with Gasteiger partial charge in [-0.25, -0.2) is 13.2 Å². The number of rotatable bonds is 13. The molecule has 0 aliphatic rings. The summed E-state index contributed by atoms with van der Waals surface area (Å²) in [4.78, 5) is 12.3. The number of hydrogen-bond acceptors (Lipinski definition) is 4. The number of hydrogen-bond donors (Lipinski definition) is 0. The van der Waals surface area contributed by atoms with Gasteiger partial charge >= 0.3 is 5.97 Å². The molecule has 0 saturated heterocycles. The zero-order chi connectivity index (χ0) is 24.9. The molecule has 0 spiro atoms. The molecule has 0 aliphatic carbocycles. The third kappa shape index (κ3) is 13.0. The molecule has 4 nitrogen and oxygen atoms in total. The monoisotopic (exact) mass is 472 g/mol. The van der Waals surface area contributed by atoms with Gasteiger partial charge in [-0.1, -0.05) is 40.5 Å². The van der Waals surface area contributed by atoms with Crippen LogP contribution in [0.15, 0.2) is 75.8 Å². The zero-order valence-electron chi connectivity index (χ0n) is 21.1. The molecule has 0 amide bonds. The van der Waals surface area contributed by atoms with Crippen molar-refractivity contribution in [1.82, 2.24) is 0 Å². The molecule has 0 aliphatic heterocycles. The fourth-order valence-corrected chi connectivity index (χ4v) is 3.80. The molecule has 0 atom stereocenters. The molecule has 182 valence electrons. The normalized spacial score (nSPS) is 13.1. The summed E-state index contributed by atoms with van der Waals surface area (Å²) in [6.07, 6.45) is 16.3. The molecule has 33 heavy (non-hydrogen) atoms. The second-order valence-electron chi connectivity index (χ2n) is 8.94. The molecule has 0 bridgehead atoms. The molecule has 5 heteroatoms. The number of esters is 1. The highest BCUT2D eigenvalue weighted by Crippen LogP contribution is 2.14. The summed E-state index contributed by atoms with van der Waals surface area (Å²) in [5.41, 5.74) is 5.76. The first-order valence-electron chi connectivity index (χ1n) is 11.6. The predicted molar refractivity (Wildman–Crippen MR) is 138 cm³/mol. The summed E-state index contributed by atoms with van der Waals surface area (Å²) in [6.45, 7) is 10.9. The van der Waals surface area contributed by atoms with Gasteiger partial charge in [0.1, 0.15) is 6.61 Å². The highest BCUT2D eigenvalue weighted by molar-refractivity contribution is 7.90. The van der Waals surface area contributed by atoms with Crippen LogP contribution < -0.4 is 0 Å². The quantitative estimate of drug-likeness (QED) is 0.222. The standard InChI is InChI=1S/C28H40O4S/c1-22(2)10-7-11-23(3)12-8-13-24(4)14-9-15-25(5)20-21-32-28(29)26-16-18-27(19-17-26)33(6,30)31/h10,12,14,16-20H,7-9,11,13,15,21H2,1-6H3/b23-12+,24-14?,25-20+. The second kappa shape index (κ2) is 14.7. The lowest BCUT2D eigenvalue weighted by Crippen LogP contribution is -2.06. The first-order valence-corrected chi connectivity index (χ1v) is 13.5.